The van der Waals surface area contributed by atoms with E-state index in [0.29, 0.717) is 13.1 Å². The van der Waals surface area contributed by atoms with Crippen LogP contribution in [0.25, 0.3) is 11.0 Å². The summed E-state index contributed by atoms with van der Waals surface area (Å²) in [5.41, 5.74) is 0.625. The van der Waals surface area contributed by atoms with Gasteiger partial charge in [-0.15, -0.1) is 0 Å². The van der Waals surface area contributed by atoms with Crippen molar-refractivity contribution in [2.75, 3.05) is 11.9 Å². The molecule has 1 heterocycles. The molecule has 0 aliphatic carbocycles. The Kier molecular flexibility index (Phi) is 4.87. The van der Waals surface area contributed by atoms with Crippen molar-refractivity contribution in [2.24, 2.45) is 5.14 Å². The van der Waals surface area contributed by atoms with Crippen LogP contribution >= 0.6 is 0 Å². The van der Waals surface area contributed by atoms with Crippen LogP contribution in [0.4, 0.5) is 18.9 Å². The smallest absolute Gasteiger partial charge is 0.383 e. The number of fused-ring (bicyclic) bond motifs is 1. The van der Waals surface area contributed by atoms with Gasteiger partial charge >= 0.3 is 6.18 Å². The van der Waals surface area contributed by atoms with Crippen LogP contribution in [0.15, 0.2) is 47.4 Å². The molecule has 0 unspecified atom stereocenters. The highest BCUT2D eigenvalue weighted by Crippen LogP contribution is 2.35. The molecule has 0 radical (unpaired) electrons. The lowest BCUT2D eigenvalue weighted by Gasteiger charge is -2.15. The molecular formula is C17H17F3N4O2S. The van der Waals surface area contributed by atoms with Crippen molar-refractivity contribution in [3.8, 4) is 0 Å². The van der Waals surface area contributed by atoms with Crippen LogP contribution in [0.5, 0.6) is 0 Å². The summed E-state index contributed by atoms with van der Waals surface area (Å²) in [5.74, 6) is 0.790. The number of para-hydroxylation sites is 2. The van der Waals surface area contributed by atoms with Crippen LogP contribution in [0.2, 0.25) is 0 Å². The van der Waals surface area contributed by atoms with Gasteiger partial charge in [0.2, 0.25) is 10.0 Å². The maximum atomic E-state index is 13.2. The summed E-state index contributed by atoms with van der Waals surface area (Å²) >= 11 is 0. The van der Waals surface area contributed by atoms with Gasteiger partial charge in [0.05, 0.1) is 21.5 Å². The second-order valence-electron chi connectivity index (χ2n) is 5.98. The summed E-state index contributed by atoms with van der Waals surface area (Å²) in [6.45, 7) is 2.65. The highest BCUT2D eigenvalue weighted by molar-refractivity contribution is 7.89. The molecule has 0 aliphatic heterocycles. The van der Waals surface area contributed by atoms with Crippen LogP contribution in [0.3, 0.4) is 0 Å². The first-order valence-electron chi connectivity index (χ1n) is 7.97. The summed E-state index contributed by atoms with van der Waals surface area (Å²) < 4.78 is 64.2. The third kappa shape index (κ3) is 4.06. The molecule has 0 atom stereocenters. The van der Waals surface area contributed by atoms with Gasteiger partial charge in [-0.25, -0.2) is 18.5 Å². The number of benzene rings is 2. The van der Waals surface area contributed by atoms with E-state index >= 15 is 0 Å². The molecule has 0 fully saturated rings. The average Bonchev–Trinajstić information content (AvgIpc) is 2.89. The minimum absolute atomic E-state index is 0.150. The van der Waals surface area contributed by atoms with E-state index in [1.165, 1.54) is 6.07 Å². The number of nitrogens with zero attached hydrogens (tertiary/aromatic N) is 2. The quantitative estimate of drug-likeness (QED) is 0.691. The van der Waals surface area contributed by atoms with Crippen LogP contribution in [0.1, 0.15) is 11.4 Å². The van der Waals surface area contributed by atoms with Gasteiger partial charge in [0.1, 0.15) is 5.82 Å². The van der Waals surface area contributed by atoms with Gasteiger partial charge in [-0.3, -0.25) is 0 Å². The third-order valence-corrected chi connectivity index (χ3v) is 5.07. The lowest BCUT2D eigenvalue weighted by atomic mass is 10.2. The molecule has 0 aliphatic rings. The number of anilines is 1. The van der Waals surface area contributed by atoms with E-state index in [1.54, 1.807) is 0 Å². The average molecular weight is 398 g/mol. The standard InChI is InChI=1S/C17H17F3N4O2S/c1-11-23-14-4-2-3-5-15(14)24(11)9-8-22-12-6-7-16(27(21,25)26)13(10-12)17(18,19)20/h2-7,10,22H,8-9H2,1H3,(H2,21,25,26). The summed E-state index contributed by atoms with van der Waals surface area (Å²) in [4.78, 5) is 3.48. The van der Waals surface area contributed by atoms with E-state index in [0.717, 1.165) is 29.0 Å². The Morgan fingerprint density at radius 2 is 1.89 bits per heavy atom. The Bertz CT molecular complexity index is 1090. The number of aromatic nitrogens is 2. The van der Waals surface area contributed by atoms with Gasteiger partial charge < -0.3 is 9.88 Å². The van der Waals surface area contributed by atoms with Gasteiger partial charge in [0, 0.05) is 18.8 Å². The predicted octanol–water partition coefficient (Wildman–Crippen LogP) is 3.12. The number of nitrogens with one attached hydrogen (secondary N) is 1. The highest BCUT2D eigenvalue weighted by Gasteiger charge is 2.36. The lowest BCUT2D eigenvalue weighted by Crippen LogP contribution is -2.19. The maximum absolute atomic E-state index is 13.2. The molecule has 2 aromatic carbocycles. The molecule has 6 nitrogen and oxygen atoms in total. The first-order valence-corrected chi connectivity index (χ1v) is 9.52. The number of hydrogen-bond acceptors (Lipinski definition) is 4. The van der Waals surface area contributed by atoms with E-state index in [1.807, 2.05) is 35.8 Å². The van der Waals surface area contributed by atoms with Gasteiger partial charge in [0.15, 0.2) is 0 Å². The summed E-state index contributed by atoms with van der Waals surface area (Å²) in [5, 5.41) is 7.76. The monoisotopic (exact) mass is 398 g/mol. The fourth-order valence-electron chi connectivity index (χ4n) is 2.90. The van der Waals surface area contributed by atoms with Crippen LogP contribution < -0.4 is 10.5 Å². The van der Waals surface area contributed by atoms with Crippen molar-refractivity contribution in [2.45, 2.75) is 24.5 Å². The largest absolute Gasteiger partial charge is 0.417 e. The summed E-state index contributed by atoms with van der Waals surface area (Å²) in [7, 11) is -4.48. The Labute approximate surface area is 153 Å². The Morgan fingerprint density at radius 3 is 2.56 bits per heavy atom. The Balaban J connectivity index is 1.81. The Hall–Kier alpha value is -2.59. The first kappa shape index (κ1) is 19.2. The number of halogens is 3. The SMILES string of the molecule is Cc1nc2ccccc2n1CCNc1ccc(S(N)(=O)=O)c(C(F)(F)F)c1. The van der Waals surface area contributed by atoms with E-state index in [4.69, 9.17) is 5.14 Å². The minimum Gasteiger partial charge on any atom is -0.383 e. The fourth-order valence-corrected chi connectivity index (χ4v) is 3.64. The van der Waals surface area contributed by atoms with Crippen LogP contribution in [-0.2, 0) is 22.7 Å². The number of nitrogens with two attached hydrogens (primary N) is 1. The number of rotatable bonds is 5. The zero-order chi connectivity index (χ0) is 19.8. The van der Waals surface area contributed by atoms with Crippen molar-refractivity contribution in [3.05, 3.63) is 53.9 Å². The molecule has 0 saturated heterocycles. The number of primary sulfonamides is 1. The molecule has 3 rings (SSSR count). The summed E-state index contributed by atoms with van der Waals surface area (Å²) in [6, 6.07) is 10.4. The molecule has 3 N–H and O–H groups in total. The molecule has 27 heavy (non-hydrogen) atoms. The van der Waals surface area contributed by atoms with E-state index in [-0.39, 0.29) is 5.69 Å². The van der Waals surface area contributed by atoms with Crippen molar-refractivity contribution >= 4 is 26.7 Å². The second kappa shape index (κ2) is 6.86. The number of sulfonamides is 1. The summed E-state index contributed by atoms with van der Waals surface area (Å²) in [6.07, 6.45) is -4.84. The molecule has 1 aromatic heterocycles. The zero-order valence-electron chi connectivity index (χ0n) is 14.3. The molecule has 0 amide bonds. The zero-order valence-corrected chi connectivity index (χ0v) is 15.1. The first-order chi connectivity index (χ1) is 12.6. The van der Waals surface area contributed by atoms with Gasteiger partial charge in [-0.1, -0.05) is 12.1 Å². The molecule has 0 saturated carbocycles. The number of aryl methyl sites for hydroxylation is 1. The molecule has 10 heteroatoms. The van der Waals surface area contributed by atoms with Crippen LogP contribution in [-0.4, -0.2) is 24.5 Å². The van der Waals surface area contributed by atoms with Crippen molar-refractivity contribution in [3.63, 3.8) is 0 Å². The van der Waals surface area contributed by atoms with Gasteiger partial charge in [0.25, 0.3) is 0 Å². The topological polar surface area (TPSA) is 90.0 Å². The van der Waals surface area contributed by atoms with E-state index in [2.05, 4.69) is 10.3 Å². The molecule has 144 valence electrons. The maximum Gasteiger partial charge on any atom is 0.417 e. The van der Waals surface area contributed by atoms with Crippen molar-refractivity contribution in [1.82, 2.24) is 9.55 Å². The van der Waals surface area contributed by atoms with E-state index < -0.39 is 26.7 Å². The fraction of sp³-hybridized carbons (Fsp3) is 0.235. The lowest BCUT2D eigenvalue weighted by molar-refractivity contribution is -0.139. The van der Waals surface area contributed by atoms with E-state index in [9.17, 15) is 21.6 Å². The normalized spacial score (nSPS) is 12.5. The van der Waals surface area contributed by atoms with Gasteiger partial charge in [-0.2, -0.15) is 13.2 Å². The van der Waals surface area contributed by atoms with Crippen molar-refractivity contribution < 1.29 is 21.6 Å². The number of imidazole rings is 1. The minimum atomic E-state index is -4.84. The highest BCUT2D eigenvalue weighted by atomic mass is 32.2. The molecule has 0 spiro atoms. The third-order valence-electron chi connectivity index (χ3n) is 4.10. The molecule has 0 bridgehead atoms. The molecule has 3 aromatic rings. The second-order valence-corrected chi connectivity index (χ2v) is 7.51. The number of alkyl halides is 3. The van der Waals surface area contributed by atoms with Crippen LogP contribution in [0, 0.1) is 6.92 Å². The van der Waals surface area contributed by atoms with Gasteiger partial charge in [-0.05, 0) is 37.3 Å². The van der Waals surface area contributed by atoms with Crippen molar-refractivity contribution in [1.29, 1.82) is 0 Å². The number of hydrogen-bond donors (Lipinski definition) is 2. The Morgan fingerprint density at radius 1 is 1.19 bits per heavy atom. The molecular weight excluding hydrogens is 381 g/mol. The predicted molar refractivity (Wildman–Crippen MR) is 95.8 cm³/mol.